The molecular weight excluding hydrogens is 342 g/mol. The van der Waals surface area contributed by atoms with Crippen LogP contribution >= 0.6 is 0 Å². The molecule has 2 aliphatic heterocycles. The first-order valence-electron chi connectivity index (χ1n) is 9.93. The molecule has 1 aromatic heterocycles. The van der Waals surface area contributed by atoms with E-state index in [0.29, 0.717) is 12.5 Å². The zero-order valence-electron chi connectivity index (χ0n) is 16.4. The van der Waals surface area contributed by atoms with Crippen molar-refractivity contribution in [2.45, 2.75) is 13.0 Å². The highest BCUT2D eigenvalue weighted by Gasteiger charge is 2.14. The van der Waals surface area contributed by atoms with Crippen molar-refractivity contribution >= 4 is 11.8 Å². The Morgan fingerprint density at radius 1 is 1.19 bits per heavy atom. The van der Waals surface area contributed by atoms with E-state index in [0.717, 1.165) is 83.4 Å². The number of likely N-dealkylation sites (N-methyl/N-ethyl adjacent to an activating group) is 1. The molecule has 0 aromatic carbocycles. The lowest BCUT2D eigenvalue weighted by atomic mass is 10.2. The number of hydrogen-bond acceptors (Lipinski definition) is 6. The molecule has 0 spiro atoms. The van der Waals surface area contributed by atoms with Gasteiger partial charge in [0.25, 0.3) is 0 Å². The molecule has 0 radical (unpaired) electrons. The van der Waals surface area contributed by atoms with Gasteiger partial charge < -0.3 is 25.6 Å². The number of ether oxygens (including phenoxy) is 1. The number of hydrogen-bond donors (Lipinski definition) is 2. The van der Waals surface area contributed by atoms with Crippen LogP contribution in [0.4, 0.5) is 5.82 Å². The minimum Gasteiger partial charge on any atom is -0.379 e. The first-order valence-corrected chi connectivity index (χ1v) is 9.93. The van der Waals surface area contributed by atoms with Crippen LogP contribution in [-0.2, 0) is 11.3 Å². The molecule has 2 saturated heterocycles. The van der Waals surface area contributed by atoms with Crippen molar-refractivity contribution in [1.82, 2.24) is 20.1 Å². The Morgan fingerprint density at radius 3 is 2.67 bits per heavy atom. The number of anilines is 1. The van der Waals surface area contributed by atoms with Crippen molar-refractivity contribution in [1.29, 1.82) is 0 Å². The number of rotatable bonds is 7. The summed E-state index contributed by atoms with van der Waals surface area (Å²) in [5.74, 6) is 1.55. The van der Waals surface area contributed by atoms with E-state index in [-0.39, 0.29) is 0 Å². The second-order valence-corrected chi connectivity index (χ2v) is 7.25. The summed E-state index contributed by atoms with van der Waals surface area (Å²) in [5.41, 5.74) is 7.05. The number of pyridine rings is 1. The molecule has 3 rings (SSSR count). The predicted molar refractivity (Wildman–Crippen MR) is 109 cm³/mol. The molecular formula is C19H33N7O. The van der Waals surface area contributed by atoms with Crippen LogP contribution < -0.4 is 16.0 Å². The third kappa shape index (κ3) is 6.64. The van der Waals surface area contributed by atoms with Crippen molar-refractivity contribution in [3.05, 3.63) is 23.9 Å². The Bertz CT molecular complexity index is 578. The molecule has 1 aromatic rings. The maximum absolute atomic E-state index is 5.97. The van der Waals surface area contributed by atoms with Gasteiger partial charge in [-0.1, -0.05) is 6.07 Å². The van der Waals surface area contributed by atoms with Gasteiger partial charge in [0.05, 0.1) is 19.8 Å². The number of piperazine rings is 1. The molecule has 3 N–H and O–H groups in total. The maximum Gasteiger partial charge on any atom is 0.188 e. The standard InChI is InChI=1S/C19H33N7O/c1-24-7-9-26(10-8-24)18-4-3-17(15-22-18)16-23-19(20)21-5-2-6-25-11-13-27-14-12-25/h3-4,15H,2,5-14,16H2,1H3,(H3,20,21,23). The van der Waals surface area contributed by atoms with Crippen molar-refractivity contribution in [2.24, 2.45) is 10.7 Å². The van der Waals surface area contributed by atoms with E-state index in [9.17, 15) is 0 Å². The zero-order chi connectivity index (χ0) is 18.9. The fourth-order valence-corrected chi connectivity index (χ4v) is 3.31. The minimum atomic E-state index is 0.500. The summed E-state index contributed by atoms with van der Waals surface area (Å²) in [6, 6.07) is 4.18. The maximum atomic E-state index is 5.97. The molecule has 27 heavy (non-hydrogen) atoms. The molecule has 0 aliphatic carbocycles. The highest BCUT2D eigenvalue weighted by molar-refractivity contribution is 5.77. The number of morpholine rings is 1. The van der Waals surface area contributed by atoms with E-state index in [1.165, 1.54) is 0 Å². The van der Waals surface area contributed by atoms with Crippen molar-refractivity contribution < 1.29 is 4.74 Å². The number of nitrogens with zero attached hydrogens (tertiary/aromatic N) is 5. The second kappa shape index (κ2) is 10.4. The Hall–Kier alpha value is -1.90. The van der Waals surface area contributed by atoms with E-state index in [1.54, 1.807) is 0 Å². The molecule has 0 amide bonds. The lowest BCUT2D eigenvalue weighted by Gasteiger charge is -2.33. The van der Waals surface area contributed by atoms with Crippen LogP contribution in [0, 0.1) is 0 Å². The lowest BCUT2D eigenvalue weighted by molar-refractivity contribution is 0.0376. The topological polar surface area (TPSA) is 82.2 Å². The molecule has 8 nitrogen and oxygen atoms in total. The van der Waals surface area contributed by atoms with E-state index >= 15 is 0 Å². The van der Waals surface area contributed by atoms with Crippen LogP contribution in [0.25, 0.3) is 0 Å². The van der Waals surface area contributed by atoms with Gasteiger partial charge in [0.1, 0.15) is 5.82 Å². The average molecular weight is 376 g/mol. The van der Waals surface area contributed by atoms with Crippen LogP contribution in [0.15, 0.2) is 23.3 Å². The predicted octanol–water partition coefficient (Wildman–Crippen LogP) is -0.0400. The molecule has 2 fully saturated rings. The number of guanidine groups is 1. The summed E-state index contributed by atoms with van der Waals surface area (Å²) in [6.45, 7) is 10.4. The van der Waals surface area contributed by atoms with E-state index in [1.807, 2.05) is 6.20 Å². The van der Waals surface area contributed by atoms with Gasteiger partial charge in [0.2, 0.25) is 0 Å². The summed E-state index contributed by atoms with van der Waals surface area (Å²) in [5, 5.41) is 3.20. The highest BCUT2D eigenvalue weighted by atomic mass is 16.5. The van der Waals surface area contributed by atoms with E-state index in [2.05, 4.69) is 49.2 Å². The second-order valence-electron chi connectivity index (χ2n) is 7.25. The molecule has 0 bridgehead atoms. The van der Waals surface area contributed by atoms with Gasteiger partial charge in [-0.2, -0.15) is 0 Å². The van der Waals surface area contributed by atoms with Crippen LogP contribution in [0.5, 0.6) is 0 Å². The summed E-state index contributed by atoms with van der Waals surface area (Å²) in [6.07, 6.45) is 2.96. The molecule has 0 atom stereocenters. The Labute approximate surface area is 162 Å². The number of nitrogens with two attached hydrogens (primary N) is 1. The summed E-state index contributed by atoms with van der Waals surface area (Å²) >= 11 is 0. The largest absolute Gasteiger partial charge is 0.379 e. The first kappa shape index (κ1) is 19.9. The third-order valence-electron chi connectivity index (χ3n) is 5.13. The molecule has 0 saturated carbocycles. The normalized spacial score (nSPS) is 20.0. The Kier molecular flexibility index (Phi) is 7.67. The van der Waals surface area contributed by atoms with Crippen LogP contribution in [0.2, 0.25) is 0 Å². The molecule has 3 heterocycles. The number of aliphatic imine (C=N–C) groups is 1. The molecule has 8 heteroatoms. The summed E-state index contributed by atoms with van der Waals surface area (Å²) < 4.78 is 5.36. The van der Waals surface area contributed by atoms with Crippen molar-refractivity contribution in [2.75, 3.05) is 77.5 Å². The van der Waals surface area contributed by atoms with Crippen molar-refractivity contribution in [3.63, 3.8) is 0 Å². The SMILES string of the molecule is CN1CCN(c2ccc(CN=C(N)NCCCN3CCOCC3)cn2)CC1. The van der Waals surface area contributed by atoms with Gasteiger partial charge >= 0.3 is 0 Å². The average Bonchev–Trinajstić information content (AvgIpc) is 2.71. The van der Waals surface area contributed by atoms with E-state index < -0.39 is 0 Å². The van der Waals surface area contributed by atoms with Crippen LogP contribution in [-0.4, -0.2) is 93.4 Å². The minimum absolute atomic E-state index is 0.500. The number of nitrogens with one attached hydrogen (secondary N) is 1. The van der Waals surface area contributed by atoms with Gasteiger partial charge in [0, 0.05) is 52.0 Å². The zero-order valence-corrected chi connectivity index (χ0v) is 16.4. The highest BCUT2D eigenvalue weighted by Crippen LogP contribution is 2.13. The molecule has 150 valence electrons. The lowest BCUT2D eigenvalue weighted by Crippen LogP contribution is -2.44. The van der Waals surface area contributed by atoms with Gasteiger partial charge in [-0.05, 0) is 31.6 Å². The van der Waals surface area contributed by atoms with Gasteiger partial charge in [-0.3, -0.25) is 4.90 Å². The third-order valence-corrected chi connectivity index (χ3v) is 5.13. The quantitative estimate of drug-likeness (QED) is 0.393. The Morgan fingerprint density at radius 2 is 1.96 bits per heavy atom. The number of aromatic nitrogens is 1. The van der Waals surface area contributed by atoms with Gasteiger partial charge in [0.15, 0.2) is 5.96 Å². The Balaban J connectivity index is 1.35. The van der Waals surface area contributed by atoms with E-state index in [4.69, 9.17) is 10.5 Å². The van der Waals surface area contributed by atoms with Crippen LogP contribution in [0.1, 0.15) is 12.0 Å². The molecule has 0 unspecified atom stereocenters. The fourth-order valence-electron chi connectivity index (χ4n) is 3.31. The van der Waals surface area contributed by atoms with Crippen LogP contribution in [0.3, 0.4) is 0 Å². The fraction of sp³-hybridized carbons (Fsp3) is 0.684. The monoisotopic (exact) mass is 375 g/mol. The van der Waals surface area contributed by atoms with Gasteiger partial charge in [-0.15, -0.1) is 0 Å². The smallest absolute Gasteiger partial charge is 0.188 e. The summed E-state index contributed by atoms with van der Waals surface area (Å²) in [7, 11) is 2.16. The van der Waals surface area contributed by atoms with Crippen molar-refractivity contribution in [3.8, 4) is 0 Å². The first-order chi connectivity index (χ1) is 13.2. The molecule has 2 aliphatic rings. The van der Waals surface area contributed by atoms with Gasteiger partial charge in [-0.25, -0.2) is 9.98 Å². The summed E-state index contributed by atoms with van der Waals surface area (Å²) in [4.78, 5) is 16.1.